The Morgan fingerprint density at radius 1 is 1.42 bits per heavy atom. The van der Waals surface area contributed by atoms with E-state index in [4.69, 9.17) is 15.2 Å². The number of rotatable bonds is 8. The summed E-state index contributed by atoms with van der Waals surface area (Å²) in [6.45, 7) is 2.32. The first kappa shape index (κ1) is 15.7. The highest BCUT2D eigenvalue weighted by Crippen LogP contribution is 2.14. The second-order valence-corrected chi connectivity index (χ2v) is 4.88. The van der Waals surface area contributed by atoms with Gasteiger partial charge in [-0.15, -0.1) is 11.8 Å². The van der Waals surface area contributed by atoms with Gasteiger partial charge < -0.3 is 20.3 Å². The predicted molar refractivity (Wildman–Crippen MR) is 76.3 cm³/mol. The first-order valence-corrected chi connectivity index (χ1v) is 7.17. The van der Waals surface area contributed by atoms with Gasteiger partial charge >= 0.3 is 5.97 Å². The van der Waals surface area contributed by atoms with Crippen LogP contribution in [0.4, 0.5) is 5.69 Å². The van der Waals surface area contributed by atoms with Gasteiger partial charge in [-0.1, -0.05) is 0 Å². The number of carbonyl (C=O) groups is 1. The van der Waals surface area contributed by atoms with Crippen LogP contribution in [0.3, 0.4) is 0 Å². The Labute approximate surface area is 117 Å². The maximum absolute atomic E-state index is 11.1. The lowest BCUT2D eigenvalue weighted by Gasteiger charge is -2.12. The fraction of sp³-hybridized carbons (Fsp3) is 0.462. The molecule has 6 heteroatoms. The van der Waals surface area contributed by atoms with E-state index in [0.717, 1.165) is 0 Å². The van der Waals surface area contributed by atoms with Crippen LogP contribution in [0.2, 0.25) is 0 Å². The fourth-order valence-electron chi connectivity index (χ4n) is 1.29. The number of thioether (sulfide) groups is 1. The van der Waals surface area contributed by atoms with Gasteiger partial charge in [-0.05, 0) is 31.2 Å². The van der Waals surface area contributed by atoms with E-state index in [9.17, 15) is 9.90 Å². The van der Waals surface area contributed by atoms with E-state index < -0.39 is 6.10 Å². The zero-order chi connectivity index (χ0) is 14.1. The molecule has 106 valence electrons. The van der Waals surface area contributed by atoms with Crippen LogP contribution in [-0.4, -0.2) is 41.9 Å². The molecule has 19 heavy (non-hydrogen) atoms. The normalized spacial score (nSPS) is 11.9. The van der Waals surface area contributed by atoms with Gasteiger partial charge in [0.1, 0.15) is 12.4 Å². The average molecular weight is 285 g/mol. The highest BCUT2D eigenvalue weighted by molar-refractivity contribution is 7.99. The van der Waals surface area contributed by atoms with Crippen molar-refractivity contribution in [1.29, 1.82) is 0 Å². The van der Waals surface area contributed by atoms with E-state index in [1.54, 1.807) is 31.2 Å². The summed E-state index contributed by atoms with van der Waals surface area (Å²) in [5.41, 5.74) is 6.21. The van der Waals surface area contributed by atoms with Crippen molar-refractivity contribution in [3.05, 3.63) is 24.3 Å². The van der Waals surface area contributed by atoms with Crippen molar-refractivity contribution in [1.82, 2.24) is 0 Å². The van der Waals surface area contributed by atoms with Gasteiger partial charge in [0.25, 0.3) is 0 Å². The number of aliphatic hydroxyl groups excluding tert-OH is 1. The molecule has 0 aromatic heterocycles. The molecule has 0 bridgehead atoms. The van der Waals surface area contributed by atoms with Crippen LogP contribution in [0, 0.1) is 0 Å². The third-order valence-corrected chi connectivity index (χ3v) is 3.22. The molecule has 0 amide bonds. The van der Waals surface area contributed by atoms with Gasteiger partial charge in [-0.2, -0.15) is 0 Å². The number of hydrogen-bond donors (Lipinski definition) is 2. The second kappa shape index (κ2) is 8.66. The van der Waals surface area contributed by atoms with Gasteiger partial charge in [0.2, 0.25) is 0 Å². The molecule has 0 fully saturated rings. The van der Waals surface area contributed by atoms with Crippen molar-refractivity contribution in [2.24, 2.45) is 0 Å². The van der Waals surface area contributed by atoms with Gasteiger partial charge in [-0.25, -0.2) is 0 Å². The van der Waals surface area contributed by atoms with E-state index in [1.165, 1.54) is 11.8 Å². The van der Waals surface area contributed by atoms with Crippen LogP contribution < -0.4 is 10.5 Å². The fourth-order valence-corrected chi connectivity index (χ4v) is 2.02. The topological polar surface area (TPSA) is 81.8 Å². The molecule has 1 aromatic rings. The zero-order valence-corrected chi connectivity index (χ0v) is 11.7. The summed E-state index contributed by atoms with van der Waals surface area (Å²) in [4.78, 5) is 11.1. The van der Waals surface area contributed by atoms with E-state index in [1.807, 2.05) is 0 Å². The summed E-state index contributed by atoms with van der Waals surface area (Å²) in [6.07, 6.45) is -0.628. The minimum atomic E-state index is -0.628. The molecule has 1 rings (SSSR count). The van der Waals surface area contributed by atoms with Gasteiger partial charge in [0, 0.05) is 11.4 Å². The smallest absolute Gasteiger partial charge is 0.315 e. The molecule has 1 unspecified atom stereocenters. The summed E-state index contributed by atoms with van der Waals surface area (Å²) in [5.74, 6) is 1.06. The SMILES string of the molecule is CCOC(=O)CSCC(O)COc1ccc(N)cc1. The minimum Gasteiger partial charge on any atom is -0.491 e. The zero-order valence-electron chi connectivity index (χ0n) is 10.9. The Hall–Kier alpha value is -1.40. The van der Waals surface area contributed by atoms with Crippen LogP contribution in [0.1, 0.15) is 6.92 Å². The first-order chi connectivity index (χ1) is 9.11. The quantitative estimate of drug-likeness (QED) is 0.553. The van der Waals surface area contributed by atoms with Crippen molar-refractivity contribution in [2.45, 2.75) is 13.0 Å². The first-order valence-electron chi connectivity index (χ1n) is 6.01. The lowest BCUT2D eigenvalue weighted by molar-refractivity contribution is -0.139. The van der Waals surface area contributed by atoms with Crippen molar-refractivity contribution < 1.29 is 19.4 Å². The maximum Gasteiger partial charge on any atom is 0.315 e. The molecule has 0 aliphatic rings. The summed E-state index contributed by atoms with van der Waals surface area (Å²) in [5, 5.41) is 9.69. The number of hydrogen-bond acceptors (Lipinski definition) is 6. The number of nitrogen functional groups attached to an aromatic ring is 1. The number of aliphatic hydroxyl groups is 1. The number of ether oxygens (including phenoxy) is 2. The molecular formula is C13H19NO4S. The third-order valence-electron chi connectivity index (χ3n) is 2.16. The van der Waals surface area contributed by atoms with Crippen molar-refractivity contribution >= 4 is 23.4 Å². The van der Waals surface area contributed by atoms with Crippen LogP contribution >= 0.6 is 11.8 Å². The molecular weight excluding hydrogens is 266 g/mol. The van der Waals surface area contributed by atoms with E-state index in [0.29, 0.717) is 23.8 Å². The highest BCUT2D eigenvalue weighted by Gasteiger charge is 2.08. The summed E-state index contributed by atoms with van der Waals surface area (Å²) in [7, 11) is 0. The number of nitrogens with two attached hydrogens (primary N) is 1. The van der Waals surface area contributed by atoms with Gasteiger partial charge in [-0.3, -0.25) is 4.79 Å². The van der Waals surface area contributed by atoms with E-state index in [2.05, 4.69) is 0 Å². The summed E-state index contributed by atoms with van der Waals surface area (Å²) in [6, 6.07) is 6.95. The number of esters is 1. The molecule has 3 N–H and O–H groups in total. The Kier molecular flexibility index (Phi) is 7.14. The minimum absolute atomic E-state index is 0.180. The molecule has 0 saturated carbocycles. The molecule has 0 radical (unpaired) electrons. The third kappa shape index (κ3) is 6.93. The van der Waals surface area contributed by atoms with Crippen LogP contribution in [0.25, 0.3) is 0 Å². The van der Waals surface area contributed by atoms with Crippen molar-refractivity contribution in [3.63, 3.8) is 0 Å². The van der Waals surface area contributed by atoms with Crippen molar-refractivity contribution in [2.75, 3.05) is 30.5 Å². The Balaban J connectivity index is 2.15. The van der Waals surface area contributed by atoms with Gasteiger partial charge in [0.15, 0.2) is 0 Å². The largest absolute Gasteiger partial charge is 0.491 e. The number of benzene rings is 1. The number of carbonyl (C=O) groups excluding carboxylic acids is 1. The molecule has 5 nitrogen and oxygen atoms in total. The van der Waals surface area contributed by atoms with E-state index >= 15 is 0 Å². The van der Waals surface area contributed by atoms with Gasteiger partial charge in [0.05, 0.1) is 18.5 Å². The van der Waals surface area contributed by atoms with Crippen LogP contribution in [0.15, 0.2) is 24.3 Å². The summed E-state index contributed by atoms with van der Waals surface area (Å²) < 4.78 is 10.2. The average Bonchev–Trinajstić information content (AvgIpc) is 2.38. The Morgan fingerprint density at radius 2 is 2.11 bits per heavy atom. The molecule has 1 atom stereocenters. The number of anilines is 1. The lowest BCUT2D eigenvalue weighted by atomic mass is 10.3. The summed E-state index contributed by atoms with van der Waals surface area (Å²) >= 11 is 1.32. The highest BCUT2D eigenvalue weighted by atomic mass is 32.2. The molecule has 0 aliphatic heterocycles. The maximum atomic E-state index is 11.1. The predicted octanol–water partition coefficient (Wildman–Crippen LogP) is 1.30. The van der Waals surface area contributed by atoms with Crippen LogP contribution in [-0.2, 0) is 9.53 Å². The molecule has 0 heterocycles. The molecule has 0 aliphatic carbocycles. The molecule has 0 saturated heterocycles. The van der Waals surface area contributed by atoms with E-state index in [-0.39, 0.29) is 18.3 Å². The monoisotopic (exact) mass is 285 g/mol. The Bertz CT molecular complexity index is 383. The molecule has 1 aromatic carbocycles. The Morgan fingerprint density at radius 3 is 2.74 bits per heavy atom. The van der Waals surface area contributed by atoms with Crippen LogP contribution in [0.5, 0.6) is 5.75 Å². The standard InChI is InChI=1S/C13H19NO4S/c1-2-17-13(16)9-19-8-11(15)7-18-12-5-3-10(14)4-6-12/h3-6,11,15H,2,7-9,14H2,1H3. The lowest BCUT2D eigenvalue weighted by Crippen LogP contribution is -2.21. The van der Waals surface area contributed by atoms with Crippen molar-refractivity contribution in [3.8, 4) is 5.75 Å². The second-order valence-electron chi connectivity index (χ2n) is 3.85. The molecule has 0 spiro atoms.